The summed E-state index contributed by atoms with van der Waals surface area (Å²) in [6.07, 6.45) is 0.750. The van der Waals surface area contributed by atoms with Crippen molar-refractivity contribution in [3.63, 3.8) is 0 Å². The first-order chi connectivity index (χ1) is 13.4. The van der Waals surface area contributed by atoms with Gasteiger partial charge in [0.15, 0.2) is 0 Å². The summed E-state index contributed by atoms with van der Waals surface area (Å²) in [6.45, 7) is 5.72. The number of nitrogens with one attached hydrogen (secondary N) is 1. The zero-order valence-electron chi connectivity index (χ0n) is 15.9. The molecule has 144 valence electrons. The van der Waals surface area contributed by atoms with Crippen molar-refractivity contribution >= 4 is 22.8 Å². The molecule has 0 saturated carbocycles. The van der Waals surface area contributed by atoms with Crippen molar-refractivity contribution in [3.8, 4) is 5.75 Å². The number of ether oxygens (including phenoxy) is 1. The molecule has 1 heterocycles. The fourth-order valence-electron chi connectivity index (χ4n) is 2.57. The lowest BCUT2D eigenvalue weighted by molar-refractivity contribution is 0.0734. The maximum atomic E-state index is 12.2. The third-order valence-corrected chi connectivity index (χ3v) is 4.44. The van der Waals surface area contributed by atoms with E-state index in [1.807, 2.05) is 32.9 Å². The number of amides is 1. The first kappa shape index (κ1) is 19.4. The van der Waals surface area contributed by atoms with Gasteiger partial charge in [-0.25, -0.2) is 9.59 Å². The van der Waals surface area contributed by atoms with Gasteiger partial charge in [-0.05, 0) is 50.6 Å². The van der Waals surface area contributed by atoms with E-state index >= 15 is 0 Å². The Morgan fingerprint density at radius 1 is 1.11 bits per heavy atom. The highest BCUT2D eigenvalue weighted by atomic mass is 16.5. The molecular formula is C22H21NO5. The van der Waals surface area contributed by atoms with Crippen LogP contribution in [0.25, 0.3) is 11.0 Å². The Labute approximate surface area is 162 Å². The number of rotatable bonds is 5. The molecule has 0 aliphatic heterocycles. The van der Waals surface area contributed by atoms with E-state index < -0.39 is 17.5 Å². The van der Waals surface area contributed by atoms with Crippen LogP contribution < -0.4 is 15.7 Å². The number of carbonyl (C=O) groups is 2. The Morgan fingerprint density at radius 2 is 1.82 bits per heavy atom. The summed E-state index contributed by atoms with van der Waals surface area (Å²) in [5.41, 5.74) is 0.897. The minimum atomic E-state index is -0.740. The van der Waals surface area contributed by atoms with Crippen molar-refractivity contribution in [2.24, 2.45) is 0 Å². The number of aryl methyl sites for hydroxylation is 1. The molecule has 0 radical (unpaired) electrons. The van der Waals surface area contributed by atoms with Crippen LogP contribution in [0, 0.1) is 6.92 Å². The molecule has 1 N–H and O–H groups in total. The molecule has 1 amide bonds. The van der Waals surface area contributed by atoms with E-state index in [1.54, 1.807) is 24.3 Å². The van der Waals surface area contributed by atoms with E-state index in [0.29, 0.717) is 10.9 Å². The minimum absolute atomic E-state index is 0.0499. The Kier molecular flexibility index (Phi) is 5.59. The summed E-state index contributed by atoms with van der Waals surface area (Å²) in [5, 5.41) is 3.30. The molecule has 2 aromatic carbocycles. The van der Waals surface area contributed by atoms with Gasteiger partial charge in [0.2, 0.25) is 0 Å². The number of benzene rings is 2. The van der Waals surface area contributed by atoms with Crippen LogP contribution >= 0.6 is 0 Å². The van der Waals surface area contributed by atoms with Crippen LogP contribution in [-0.4, -0.2) is 17.9 Å². The normalized spacial score (nSPS) is 11.8. The van der Waals surface area contributed by atoms with E-state index in [0.717, 1.165) is 12.0 Å². The van der Waals surface area contributed by atoms with Gasteiger partial charge in [0.1, 0.15) is 16.9 Å². The Morgan fingerprint density at radius 3 is 2.50 bits per heavy atom. The van der Waals surface area contributed by atoms with Crippen LogP contribution in [0.1, 0.15) is 46.5 Å². The summed E-state index contributed by atoms with van der Waals surface area (Å²) >= 11 is 0. The predicted molar refractivity (Wildman–Crippen MR) is 106 cm³/mol. The molecule has 3 aromatic rings. The third-order valence-electron chi connectivity index (χ3n) is 4.44. The highest BCUT2D eigenvalue weighted by Gasteiger charge is 2.16. The molecule has 0 bridgehead atoms. The van der Waals surface area contributed by atoms with Crippen LogP contribution in [0.15, 0.2) is 57.7 Å². The van der Waals surface area contributed by atoms with Crippen molar-refractivity contribution in [2.75, 3.05) is 0 Å². The van der Waals surface area contributed by atoms with Gasteiger partial charge in [0.25, 0.3) is 5.91 Å². The summed E-state index contributed by atoms with van der Waals surface area (Å²) in [4.78, 5) is 36.7. The summed E-state index contributed by atoms with van der Waals surface area (Å²) < 4.78 is 10.6. The van der Waals surface area contributed by atoms with Crippen molar-refractivity contribution < 1.29 is 18.7 Å². The molecule has 0 fully saturated rings. The molecule has 3 rings (SSSR count). The molecule has 6 heteroatoms. The largest absolute Gasteiger partial charge is 0.423 e. The maximum absolute atomic E-state index is 12.2. The molecule has 0 saturated heterocycles. The zero-order chi connectivity index (χ0) is 20.3. The average molecular weight is 379 g/mol. The van der Waals surface area contributed by atoms with Crippen molar-refractivity contribution in [1.82, 2.24) is 5.32 Å². The highest BCUT2D eigenvalue weighted by Crippen LogP contribution is 2.21. The number of fused-ring (bicyclic) bond motifs is 1. The maximum Gasteiger partial charge on any atom is 0.349 e. The Bertz CT molecular complexity index is 1080. The standard InChI is InChI=1S/C22H21NO5/c1-4-14(3)23-20(24)18-11-16-9-10-17(12-19(16)28-22(18)26)27-21(25)15-7-5-13(2)6-8-15/h5-12,14H,4H2,1-3H3,(H,23,24). The molecule has 1 atom stereocenters. The van der Waals surface area contributed by atoms with Gasteiger partial charge < -0.3 is 14.5 Å². The molecule has 6 nitrogen and oxygen atoms in total. The van der Waals surface area contributed by atoms with Crippen LogP contribution in [0.5, 0.6) is 5.75 Å². The van der Waals surface area contributed by atoms with Crippen LogP contribution in [0.4, 0.5) is 0 Å². The SMILES string of the molecule is CCC(C)NC(=O)c1cc2ccc(OC(=O)c3ccc(C)cc3)cc2oc1=O. The van der Waals surface area contributed by atoms with E-state index in [4.69, 9.17) is 9.15 Å². The topological polar surface area (TPSA) is 85.6 Å². The lowest BCUT2D eigenvalue weighted by Gasteiger charge is -2.11. The molecule has 0 aliphatic rings. The number of hydrogen-bond acceptors (Lipinski definition) is 5. The first-order valence-corrected chi connectivity index (χ1v) is 9.05. The van der Waals surface area contributed by atoms with Gasteiger partial charge in [-0.2, -0.15) is 0 Å². The smallest absolute Gasteiger partial charge is 0.349 e. The first-order valence-electron chi connectivity index (χ1n) is 9.05. The molecule has 0 aliphatic carbocycles. The molecule has 1 unspecified atom stereocenters. The lowest BCUT2D eigenvalue weighted by Crippen LogP contribution is -2.34. The zero-order valence-corrected chi connectivity index (χ0v) is 15.9. The van der Waals surface area contributed by atoms with E-state index in [1.165, 1.54) is 12.1 Å². The highest BCUT2D eigenvalue weighted by molar-refractivity contribution is 5.97. The van der Waals surface area contributed by atoms with Crippen LogP contribution in [-0.2, 0) is 0 Å². The van der Waals surface area contributed by atoms with Gasteiger partial charge in [0.05, 0.1) is 5.56 Å². The number of esters is 1. The number of hydrogen-bond donors (Lipinski definition) is 1. The molecule has 28 heavy (non-hydrogen) atoms. The van der Waals surface area contributed by atoms with E-state index in [-0.39, 0.29) is 22.9 Å². The molecular weight excluding hydrogens is 358 g/mol. The average Bonchev–Trinajstić information content (AvgIpc) is 2.67. The van der Waals surface area contributed by atoms with Gasteiger partial charge in [-0.3, -0.25) is 4.79 Å². The summed E-state index contributed by atoms with van der Waals surface area (Å²) in [7, 11) is 0. The van der Waals surface area contributed by atoms with Gasteiger partial charge >= 0.3 is 11.6 Å². The Balaban J connectivity index is 1.85. The molecule has 1 aromatic heterocycles. The fraction of sp³-hybridized carbons (Fsp3) is 0.227. The van der Waals surface area contributed by atoms with Crippen LogP contribution in [0.2, 0.25) is 0 Å². The van der Waals surface area contributed by atoms with Gasteiger partial charge in [-0.1, -0.05) is 24.6 Å². The lowest BCUT2D eigenvalue weighted by atomic mass is 10.1. The summed E-state index contributed by atoms with van der Waals surface area (Å²) in [5.74, 6) is -0.732. The summed E-state index contributed by atoms with van der Waals surface area (Å²) in [6, 6.07) is 13.1. The fourth-order valence-corrected chi connectivity index (χ4v) is 2.57. The van der Waals surface area contributed by atoms with E-state index in [2.05, 4.69) is 5.32 Å². The predicted octanol–water partition coefficient (Wildman–Crippen LogP) is 3.85. The second kappa shape index (κ2) is 8.08. The van der Waals surface area contributed by atoms with Gasteiger partial charge in [-0.15, -0.1) is 0 Å². The molecule has 0 spiro atoms. The number of carbonyl (C=O) groups excluding carboxylic acids is 2. The second-order valence-corrected chi connectivity index (χ2v) is 6.69. The Hall–Kier alpha value is -3.41. The van der Waals surface area contributed by atoms with E-state index in [9.17, 15) is 14.4 Å². The van der Waals surface area contributed by atoms with Gasteiger partial charge in [0, 0.05) is 17.5 Å². The second-order valence-electron chi connectivity index (χ2n) is 6.69. The third kappa shape index (κ3) is 4.28. The monoisotopic (exact) mass is 379 g/mol. The van der Waals surface area contributed by atoms with Crippen LogP contribution in [0.3, 0.4) is 0 Å². The van der Waals surface area contributed by atoms with Crippen molar-refractivity contribution in [1.29, 1.82) is 0 Å². The minimum Gasteiger partial charge on any atom is -0.423 e. The van der Waals surface area contributed by atoms with Crippen molar-refractivity contribution in [2.45, 2.75) is 33.2 Å². The van der Waals surface area contributed by atoms with Crippen molar-refractivity contribution in [3.05, 3.63) is 75.6 Å². The quantitative estimate of drug-likeness (QED) is 0.413.